The number of esters is 1. The van der Waals surface area contributed by atoms with Crippen LogP contribution in [0, 0.1) is 6.92 Å². The van der Waals surface area contributed by atoms with Gasteiger partial charge in [0.2, 0.25) is 0 Å². The summed E-state index contributed by atoms with van der Waals surface area (Å²) < 4.78 is 5.06. The van der Waals surface area contributed by atoms with E-state index >= 15 is 0 Å². The van der Waals surface area contributed by atoms with Crippen molar-refractivity contribution in [3.8, 4) is 0 Å². The number of benzene rings is 2. The first-order valence-electron chi connectivity index (χ1n) is 10.6. The predicted molar refractivity (Wildman–Crippen MR) is 125 cm³/mol. The Labute approximate surface area is 193 Å². The van der Waals surface area contributed by atoms with Gasteiger partial charge in [-0.25, -0.2) is 9.59 Å². The summed E-state index contributed by atoms with van der Waals surface area (Å²) in [5.74, 6) is -0.476. The summed E-state index contributed by atoms with van der Waals surface area (Å²) in [6, 6.07) is 14.6. The van der Waals surface area contributed by atoms with Crippen LogP contribution >= 0.6 is 11.6 Å². The maximum atomic E-state index is 12.7. The lowest BCUT2D eigenvalue weighted by molar-refractivity contribution is -0.136. The van der Waals surface area contributed by atoms with Crippen LogP contribution in [0.1, 0.15) is 17.2 Å². The summed E-state index contributed by atoms with van der Waals surface area (Å²) in [7, 11) is 1.35. The van der Waals surface area contributed by atoms with Gasteiger partial charge in [-0.1, -0.05) is 35.9 Å². The molecule has 2 N–H and O–H groups in total. The van der Waals surface area contributed by atoms with Crippen molar-refractivity contribution < 1.29 is 14.3 Å². The summed E-state index contributed by atoms with van der Waals surface area (Å²) in [5.41, 5.74) is 4.15. The molecule has 1 saturated heterocycles. The molecule has 1 fully saturated rings. The SMILES string of the molecule is COC(=O)C1=C(CN2CCN(c3cccc(C)c3)CC2)NC(=O)NC1c1cccc(Cl)c1. The molecule has 4 rings (SSSR count). The van der Waals surface area contributed by atoms with Crippen LogP contribution < -0.4 is 15.5 Å². The molecule has 8 heteroatoms. The third-order valence-corrected chi connectivity index (χ3v) is 6.10. The third kappa shape index (κ3) is 4.89. The van der Waals surface area contributed by atoms with Gasteiger partial charge in [0.1, 0.15) is 0 Å². The first-order chi connectivity index (χ1) is 15.4. The standard InChI is InChI=1S/C24H27ClN4O3/c1-16-5-3-8-19(13-16)29-11-9-28(10-12-29)15-20-21(23(30)32-2)22(27-24(31)26-20)17-6-4-7-18(25)14-17/h3-8,13-14,22H,9-12,15H2,1-2H3,(H2,26,27,31). The molecule has 0 bridgehead atoms. The number of halogens is 1. The van der Waals surface area contributed by atoms with E-state index in [-0.39, 0.29) is 6.03 Å². The number of carbonyl (C=O) groups excluding carboxylic acids is 2. The van der Waals surface area contributed by atoms with Gasteiger partial charge in [-0.3, -0.25) is 4.90 Å². The van der Waals surface area contributed by atoms with E-state index in [1.54, 1.807) is 18.2 Å². The first-order valence-corrected chi connectivity index (χ1v) is 11.0. The molecule has 32 heavy (non-hydrogen) atoms. The van der Waals surface area contributed by atoms with Gasteiger partial charge in [-0.2, -0.15) is 0 Å². The minimum absolute atomic E-state index is 0.351. The molecule has 168 valence electrons. The van der Waals surface area contributed by atoms with E-state index < -0.39 is 12.0 Å². The highest BCUT2D eigenvalue weighted by molar-refractivity contribution is 6.30. The van der Waals surface area contributed by atoms with Crippen LogP contribution in [0.2, 0.25) is 5.02 Å². The normalized spacial score (nSPS) is 19.4. The average molecular weight is 455 g/mol. The van der Waals surface area contributed by atoms with Gasteiger partial charge >= 0.3 is 12.0 Å². The molecule has 2 amide bonds. The first kappa shape index (κ1) is 22.2. The number of methoxy groups -OCH3 is 1. The van der Waals surface area contributed by atoms with Crippen LogP contribution in [-0.2, 0) is 9.53 Å². The zero-order valence-corrected chi connectivity index (χ0v) is 19.0. The molecule has 0 spiro atoms. The van der Waals surface area contributed by atoms with E-state index in [1.807, 2.05) is 6.07 Å². The van der Waals surface area contributed by atoms with Gasteiger partial charge in [0.05, 0.1) is 18.7 Å². The monoisotopic (exact) mass is 454 g/mol. The number of anilines is 1. The van der Waals surface area contributed by atoms with E-state index in [0.29, 0.717) is 22.8 Å². The fraction of sp³-hybridized carbons (Fsp3) is 0.333. The molecule has 2 aliphatic heterocycles. The highest BCUT2D eigenvalue weighted by atomic mass is 35.5. The summed E-state index contributed by atoms with van der Waals surface area (Å²) in [6.45, 7) is 5.92. The number of hydrogen-bond donors (Lipinski definition) is 2. The maximum absolute atomic E-state index is 12.7. The highest BCUT2D eigenvalue weighted by Gasteiger charge is 2.34. The number of hydrogen-bond acceptors (Lipinski definition) is 5. The molecule has 2 heterocycles. The Morgan fingerprint density at radius 1 is 1.12 bits per heavy atom. The quantitative estimate of drug-likeness (QED) is 0.678. The molecular formula is C24H27ClN4O3. The lowest BCUT2D eigenvalue weighted by Gasteiger charge is -2.38. The van der Waals surface area contributed by atoms with Crippen molar-refractivity contribution in [3.05, 3.63) is 76.0 Å². The summed E-state index contributed by atoms with van der Waals surface area (Å²) in [4.78, 5) is 29.8. The van der Waals surface area contributed by atoms with Crippen LogP contribution in [0.3, 0.4) is 0 Å². The molecule has 1 unspecified atom stereocenters. The van der Waals surface area contributed by atoms with Crippen molar-refractivity contribution in [2.75, 3.05) is 44.7 Å². The molecule has 0 saturated carbocycles. The summed E-state index contributed by atoms with van der Waals surface area (Å²) in [5, 5.41) is 6.20. The lowest BCUT2D eigenvalue weighted by atomic mass is 9.95. The summed E-state index contributed by atoms with van der Waals surface area (Å²) in [6.07, 6.45) is 0. The maximum Gasteiger partial charge on any atom is 0.338 e. The number of rotatable bonds is 5. The van der Waals surface area contributed by atoms with Crippen molar-refractivity contribution in [3.63, 3.8) is 0 Å². The molecule has 0 radical (unpaired) electrons. The number of urea groups is 1. The second-order valence-electron chi connectivity index (χ2n) is 8.07. The Morgan fingerprint density at radius 3 is 2.56 bits per heavy atom. The Morgan fingerprint density at radius 2 is 1.88 bits per heavy atom. The largest absolute Gasteiger partial charge is 0.466 e. The Hall–Kier alpha value is -3.03. The van der Waals surface area contributed by atoms with Crippen LogP contribution in [0.25, 0.3) is 0 Å². The minimum atomic E-state index is -0.626. The Bertz CT molecular complexity index is 1050. The van der Waals surface area contributed by atoms with Gasteiger partial charge in [0.15, 0.2) is 0 Å². The topological polar surface area (TPSA) is 73.9 Å². The van der Waals surface area contributed by atoms with Gasteiger partial charge in [-0.05, 0) is 42.3 Å². The van der Waals surface area contributed by atoms with Crippen molar-refractivity contribution in [2.45, 2.75) is 13.0 Å². The van der Waals surface area contributed by atoms with Gasteiger partial charge in [-0.15, -0.1) is 0 Å². The van der Waals surface area contributed by atoms with Gasteiger partial charge in [0, 0.05) is 49.1 Å². The molecule has 0 aromatic heterocycles. The van der Waals surface area contributed by atoms with E-state index in [0.717, 1.165) is 31.7 Å². The van der Waals surface area contributed by atoms with Gasteiger partial charge in [0.25, 0.3) is 0 Å². The molecule has 2 aromatic carbocycles. The number of aryl methyl sites for hydroxylation is 1. The van der Waals surface area contributed by atoms with Crippen LogP contribution in [0.4, 0.5) is 10.5 Å². The van der Waals surface area contributed by atoms with Crippen LogP contribution in [0.15, 0.2) is 59.8 Å². The van der Waals surface area contributed by atoms with E-state index in [9.17, 15) is 9.59 Å². The van der Waals surface area contributed by atoms with Crippen molar-refractivity contribution in [1.82, 2.24) is 15.5 Å². The van der Waals surface area contributed by atoms with Crippen molar-refractivity contribution >= 4 is 29.3 Å². The number of nitrogens with one attached hydrogen (secondary N) is 2. The predicted octanol–water partition coefficient (Wildman–Crippen LogP) is 3.25. The fourth-order valence-corrected chi connectivity index (χ4v) is 4.44. The number of ether oxygens (including phenoxy) is 1. The smallest absolute Gasteiger partial charge is 0.338 e. The zero-order chi connectivity index (χ0) is 22.7. The second kappa shape index (κ2) is 9.63. The minimum Gasteiger partial charge on any atom is -0.466 e. The number of carbonyl (C=O) groups is 2. The molecular weight excluding hydrogens is 428 g/mol. The Kier molecular flexibility index (Phi) is 6.67. The summed E-state index contributed by atoms with van der Waals surface area (Å²) >= 11 is 6.15. The number of nitrogens with zero attached hydrogens (tertiary/aromatic N) is 2. The van der Waals surface area contributed by atoms with Crippen molar-refractivity contribution in [1.29, 1.82) is 0 Å². The lowest BCUT2D eigenvalue weighted by Crippen LogP contribution is -2.51. The molecule has 1 atom stereocenters. The molecule has 7 nitrogen and oxygen atoms in total. The Balaban J connectivity index is 1.55. The van der Waals surface area contributed by atoms with E-state index in [2.05, 4.69) is 51.6 Å². The third-order valence-electron chi connectivity index (χ3n) is 5.86. The van der Waals surface area contributed by atoms with Crippen LogP contribution in [-0.4, -0.2) is 56.7 Å². The second-order valence-corrected chi connectivity index (χ2v) is 8.51. The molecule has 2 aromatic rings. The average Bonchev–Trinajstić information content (AvgIpc) is 2.79. The zero-order valence-electron chi connectivity index (χ0n) is 18.2. The van der Waals surface area contributed by atoms with E-state index in [4.69, 9.17) is 16.3 Å². The number of amides is 2. The number of piperazine rings is 1. The molecule has 0 aliphatic carbocycles. The van der Waals surface area contributed by atoms with Gasteiger partial charge < -0.3 is 20.3 Å². The van der Waals surface area contributed by atoms with Crippen molar-refractivity contribution in [2.24, 2.45) is 0 Å². The van der Waals surface area contributed by atoms with E-state index in [1.165, 1.54) is 18.4 Å². The van der Waals surface area contributed by atoms with Crippen LogP contribution in [0.5, 0.6) is 0 Å². The fourth-order valence-electron chi connectivity index (χ4n) is 4.24. The highest BCUT2D eigenvalue weighted by Crippen LogP contribution is 2.29. The molecule has 2 aliphatic rings.